The largest absolute Gasteiger partial charge is 0.465 e. The van der Waals surface area contributed by atoms with Crippen LogP contribution in [0.5, 0.6) is 0 Å². The van der Waals surface area contributed by atoms with E-state index in [0.717, 1.165) is 18.5 Å². The Morgan fingerprint density at radius 1 is 0.679 bits per heavy atom. The summed E-state index contributed by atoms with van der Waals surface area (Å²) in [5.41, 5.74) is 0.774. The SMILES string of the molecule is CCCCCCCCCCCCCCCCCCN(C(=O)O)c1ccccc1. The molecule has 1 rings (SSSR count). The van der Waals surface area contributed by atoms with Crippen LogP contribution < -0.4 is 4.90 Å². The van der Waals surface area contributed by atoms with Gasteiger partial charge in [0.1, 0.15) is 0 Å². The maximum Gasteiger partial charge on any atom is 0.411 e. The van der Waals surface area contributed by atoms with E-state index in [9.17, 15) is 9.90 Å². The van der Waals surface area contributed by atoms with E-state index in [4.69, 9.17) is 0 Å². The minimum absolute atomic E-state index is 0.595. The van der Waals surface area contributed by atoms with Crippen molar-refractivity contribution in [1.82, 2.24) is 0 Å². The highest BCUT2D eigenvalue weighted by Crippen LogP contribution is 2.16. The van der Waals surface area contributed by atoms with Crippen molar-refractivity contribution in [2.75, 3.05) is 11.4 Å². The Hall–Kier alpha value is -1.51. The Morgan fingerprint density at radius 3 is 1.46 bits per heavy atom. The van der Waals surface area contributed by atoms with Crippen LogP contribution in [0.4, 0.5) is 10.5 Å². The van der Waals surface area contributed by atoms with E-state index in [1.54, 1.807) is 0 Å². The number of carboxylic acid groups (broad SMARTS) is 1. The van der Waals surface area contributed by atoms with Crippen molar-refractivity contribution < 1.29 is 9.90 Å². The van der Waals surface area contributed by atoms with E-state index in [2.05, 4.69) is 6.92 Å². The summed E-state index contributed by atoms with van der Waals surface area (Å²) >= 11 is 0. The van der Waals surface area contributed by atoms with Crippen LogP contribution in [0.3, 0.4) is 0 Å². The summed E-state index contributed by atoms with van der Waals surface area (Å²) in [7, 11) is 0. The van der Waals surface area contributed by atoms with Crippen LogP contribution >= 0.6 is 0 Å². The number of nitrogens with zero attached hydrogens (tertiary/aromatic N) is 1. The number of para-hydroxylation sites is 1. The second kappa shape index (κ2) is 17.6. The molecule has 1 amide bonds. The molecule has 3 nitrogen and oxygen atoms in total. The van der Waals surface area contributed by atoms with E-state index in [0.29, 0.717) is 6.54 Å². The number of rotatable bonds is 18. The highest BCUT2D eigenvalue weighted by molar-refractivity contribution is 5.85. The topological polar surface area (TPSA) is 40.5 Å². The van der Waals surface area contributed by atoms with Gasteiger partial charge in [-0.15, -0.1) is 0 Å². The minimum Gasteiger partial charge on any atom is -0.465 e. The summed E-state index contributed by atoms with van der Waals surface area (Å²) in [6.07, 6.45) is 20.5. The summed E-state index contributed by atoms with van der Waals surface area (Å²) in [5, 5.41) is 9.38. The first-order valence-corrected chi connectivity index (χ1v) is 11.8. The summed E-state index contributed by atoms with van der Waals surface area (Å²) in [6.45, 7) is 2.87. The second-order valence-electron chi connectivity index (χ2n) is 8.07. The highest BCUT2D eigenvalue weighted by Gasteiger charge is 2.12. The lowest BCUT2D eigenvalue weighted by Crippen LogP contribution is -2.30. The first-order chi connectivity index (χ1) is 13.8. The molecule has 0 aromatic heterocycles. The van der Waals surface area contributed by atoms with Gasteiger partial charge >= 0.3 is 6.09 Å². The molecule has 0 fully saturated rings. The Bertz CT molecular complexity index is 475. The third kappa shape index (κ3) is 12.8. The van der Waals surface area contributed by atoms with E-state index in [-0.39, 0.29) is 0 Å². The maximum atomic E-state index is 11.4. The standard InChI is InChI=1S/C25H43NO2/c1-2-3-4-5-6-7-8-9-10-11-12-13-14-15-16-20-23-26(25(27)28)24-21-18-17-19-22-24/h17-19,21-22H,2-16,20,23H2,1H3,(H,27,28). The summed E-state index contributed by atoms with van der Waals surface area (Å²) in [4.78, 5) is 12.9. The summed E-state index contributed by atoms with van der Waals surface area (Å²) < 4.78 is 0. The predicted molar refractivity (Wildman–Crippen MR) is 121 cm³/mol. The lowest BCUT2D eigenvalue weighted by Gasteiger charge is -2.19. The molecule has 0 bridgehead atoms. The molecule has 1 aromatic carbocycles. The van der Waals surface area contributed by atoms with Crippen molar-refractivity contribution >= 4 is 11.8 Å². The van der Waals surface area contributed by atoms with Gasteiger partial charge in [0.2, 0.25) is 0 Å². The Balaban J connectivity index is 1.88. The third-order valence-corrected chi connectivity index (χ3v) is 5.53. The summed E-state index contributed by atoms with van der Waals surface area (Å²) in [5.74, 6) is 0. The molecular formula is C25H43NO2. The predicted octanol–water partition coefficient (Wildman–Crippen LogP) is 8.43. The number of unbranched alkanes of at least 4 members (excludes halogenated alkanes) is 15. The smallest absolute Gasteiger partial charge is 0.411 e. The molecule has 3 heteroatoms. The van der Waals surface area contributed by atoms with Gasteiger partial charge in [0.15, 0.2) is 0 Å². The lowest BCUT2D eigenvalue weighted by atomic mass is 10.0. The van der Waals surface area contributed by atoms with Crippen molar-refractivity contribution in [2.45, 2.75) is 110 Å². The third-order valence-electron chi connectivity index (χ3n) is 5.53. The molecule has 0 unspecified atom stereocenters. The zero-order valence-corrected chi connectivity index (χ0v) is 18.2. The van der Waals surface area contributed by atoms with Crippen molar-refractivity contribution in [3.05, 3.63) is 30.3 Å². The van der Waals surface area contributed by atoms with Crippen molar-refractivity contribution in [2.24, 2.45) is 0 Å². The van der Waals surface area contributed by atoms with Gasteiger partial charge in [-0.05, 0) is 18.6 Å². The van der Waals surface area contributed by atoms with Crippen molar-refractivity contribution in [1.29, 1.82) is 0 Å². The number of benzene rings is 1. The maximum absolute atomic E-state index is 11.4. The van der Waals surface area contributed by atoms with Gasteiger partial charge in [0.05, 0.1) is 0 Å². The van der Waals surface area contributed by atoms with Crippen LogP contribution in [0, 0.1) is 0 Å². The molecule has 0 saturated heterocycles. The zero-order chi connectivity index (χ0) is 20.3. The van der Waals surface area contributed by atoms with Crippen LogP contribution in [0.25, 0.3) is 0 Å². The highest BCUT2D eigenvalue weighted by atomic mass is 16.4. The molecule has 0 aliphatic heterocycles. The Morgan fingerprint density at radius 2 is 1.07 bits per heavy atom. The molecule has 0 heterocycles. The number of carbonyl (C=O) groups is 1. The monoisotopic (exact) mass is 389 g/mol. The Labute approximate surface area is 173 Å². The van der Waals surface area contributed by atoms with Gasteiger partial charge in [-0.2, -0.15) is 0 Å². The fourth-order valence-electron chi connectivity index (χ4n) is 3.76. The first-order valence-electron chi connectivity index (χ1n) is 11.8. The molecule has 1 N–H and O–H groups in total. The summed E-state index contributed by atoms with van der Waals surface area (Å²) in [6, 6.07) is 9.41. The zero-order valence-electron chi connectivity index (χ0n) is 18.2. The van der Waals surface area contributed by atoms with Gasteiger partial charge < -0.3 is 5.11 Å². The van der Waals surface area contributed by atoms with Crippen LogP contribution in [0.2, 0.25) is 0 Å². The Kier molecular flexibility index (Phi) is 15.4. The van der Waals surface area contributed by atoms with Gasteiger partial charge in [-0.3, -0.25) is 4.90 Å². The molecule has 160 valence electrons. The fourth-order valence-corrected chi connectivity index (χ4v) is 3.76. The van der Waals surface area contributed by atoms with E-state index in [1.165, 1.54) is 94.8 Å². The number of amides is 1. The van der Waals surface area contributed by atoms with Crippen molar-refractivity contribution in [3.8, 4) is 0 Å². The van der Waals surface area contributed by atoms with Gasteiger partial charge in [-0.1, -0.05) is 121 Å². The van der Waals surface area contributed by atoms with E-state index in [1.807, 2.05) is 30.3 Å². The molecule has 28 heavy (non-hydrogen) atoms. The lowest BCUT2D eigenvalue weighted by molar-refractivity contribution is 0.201. The van der Waals surface area contributed by atoms with Gasteiger partial charge in [0, 0.05) is 12.2 Å². The molecule has 0 spiro atoms. The molecule has 0 saturated carbocycles. The second-order valence-corrected chi connectivity index (χ2v) is 8.07. The van der Waals surface area contributed by atoms with Crippen LogP contribution in [0.1, 0.15) is 110 Å². The van der Waals surface area contributed by atoms with Crippen LogP contribution in [-0.4, -0.2) is 17.7 Å². The quantitative estimate of drug-likeness (QED) is 0.256. The first kappa shape index (κ1) is 24.5. The molecule has 0 atom stereocenters. The van der Waals surface area contributed by atoms with Crippen molar-refractivity contribution in [3.63, 3.8) is 0 Å². The van der Waals surface area contributed by atoms with E-state index >= 15 is 0 Å². The number of anilines is 1. The average Bonchev–Trinajstić information content (AvgIpc) is 2.70. The van der Waals surface area contributed by atoms with Crippen LogP contribution in [-0.2, 0) is 0 Å². The number of hydrogen-bond donors (Lipinski definition) is 1. The fraction of sp³-hybridized carbons (Fsp3) is 0.720. The molecule has 0 radical (unpaired) electrons. The van der Waals surface area contributed by atoms with Crippen LogP contribution in [0.15, 0.2) is 30.3 Å². The molecule has 0 aliphatic rings. The molecule has 0 aliphatic carbocycles. The van der Waals surface area contributed by atoms with E-state index < -0.39 is 6.09 Å². The van der Waals surface area contributed by atoms with Gasteiger partial charge in [0.25, 0.3) is 0 Å². The normalized spacial score (nSPS) is 10.9. The average molecular weight is 390 g/mol. The van der Waals surface area contributed by atoms with Gasteiger partial charge in [-0.25, -0.2) is 4.79 Å². The molecule has 1 aromatic rings. The number of hydrogen-bond acceptors (Lipinski definition) is 1. The minimum atomic E-state index is -0.854. The molecular weight excluding hydrogens is 346 g/mol.